The number of hydrogen-bond acceptors (Lipinski definition) is 4. The molecule has 5 heteroatoms. The fraction of sp³-hybridized carbons (Fsp3) is 0.267. The topological polar surface area (TPSA) is 78.8 Å². The van der Waals surface area contributed by atoms with Gasteiger partial charge in [0.1, 0.15) is 23.2 Å². The Kier molecular flexibility index (Phi) is 4.16. The number of H-pyrrole nitrogens is 1. The number of ether oxygens (including phenoxy) is 1. The van der Waals surface area contributed by atoms with E-state index >= 15 is 0 Å². The predicted octanol–water partition coefficient (Wildman–Crippen LogP) is 2.49. The van der Waals surface area contributed by atoms with Crippen LogP contribution in [0.1, 0.15) is 25.8 Å². The molecule has 0 saturated carbocycles. The van der Waals surface area contributed by atoms with E-state index in [2.05, 4.69) is 9.97 Å². The maximum atomic E-state index is 11.7. The van der Waals surface area contributed by atoms with Crippen LogP contribution in [0.5, 0.6) is 5.75 Å². The molecule has 0 fully saturated rings. The number of benzene rings is 1. The van der Waals surface area contributed by atoms with Gasteiger partial charge in [0, 0.05) is 0 Å². The molecule has 1 atom stereocenters. The minimum Gasteiger partial charge on any atom is -0.490 e. The molecule has 0 radical (unpaired) electrons. The highest BCUT2D eigenvalue weighted by atomic mass is 16.5. The van der Waals surface area contributed by atoms with E-state index < -0.39 is 5.56 Å². The summed E-state index contributed by atoms with van der Waals surface area (Å²) in [5.41, 5.74) is 0.249. The monoisotopic (exact) mass is 269 g/mol. The average molecular weight is 269 g/mol. The maximum absolute atomic E-state index is 11.7. The van der Waals surface area contributed by atoms with Crippen molar-refractivity contribution in [1.29, 1.82) is 5.26 Å². The van der Waals surface area contributed by atoms with Crippen molar-refractivity contribution in [1.82, 2.24) is 9.97 Å². The number of aromatic nitrogens is 2. The SMILES string of the molecule is CC[C@H](C)Oc1ccccc1-c1ncc(C#N)c(=O)[nH]1. The van der Waals surface area contributed by atoms with Gasteiger partial charge in [-0.05, 0) is 25.5 Å². The molecule has 0 amide bonds. The number of aromatic amines is 1. The zero-order chi connectivity index (χ0) is 14.5. The highest BCUT2D eigenvalue weighted by Gasteiger charge is 2.11. The van der Waals surface area contributed by atoms with Crippen LogP contribution in [0.3, 0.4) is 0 Å². The molecule has 102 valence electrons. The molecule has 1 heterocycles. The standard InChI is InChI=1S/C15H15N3O2/c1-3-10(2)20-13-7-5-4-6-12(13)14-17-9-11(8-16)15(19)18-14/h4-7,9-10H,3H2,1-2H3,(H,17,18,19)/t10-/m0/s1. The van der Waals surface area contributed by atoms with Gasteiger partial charge < -0.3 is 9.72 Å². The Balaban J connectivity index is 2.45. The van der Waals surface area contributed by atoms with Gasteiger partial charge in [-0.1, -0.05) is 19.1 Å². The molecule has 5 nitrogen and oxygen atoms in total. The molecule has 0 aliphatic rings. The second kappa shape index (κ2) is 6.02. The third kappa shape index (κ3) is 2.86. The minimum absolute atomic E-state index is 0.00549. The maximum Gasteiger partial charge on any atom is 0.269 e. The molecule has 1 aromatic carbocycles. The second-order valence-corrected chi connectivity index (χ2v) is 4.42. The fourth-order valence-corrected chi connectivity index (χ4v) is 1.68. The summed E-state index contributed by atoms with van der Waals surface area (Å²) < 4.78 is 5.82. The lowest BCUT2D eigenvalue weighted by Crippen LogP contribution is -2.14. The number of para-hydroxylation sites is 1. The van der Waals surface area contributed by atoms with Crippen molar-refractivity contribution in [2.24, 2.45) is 0 Å². The van der Waals surface area contributed by atoms with Gasteiger partial charge in [0.05, 0.1) is 17.9 Å². The summed E-state index contributed by atoms with van der Waals surface area (Å²) >= 11 is 0. The molecular weight excluding hydrogens is 254 g/mol. The summed E-state index contributed by atoms with van der Waals surface area (Å²) in [7, 11) is 0. The lowest BCUT2D eigenvalue weighted by molar-refractivity contribution is 0.218. The van der Waals surface area contributed by atoms with E-state index in [1.54, 1.807) is 6.07 Å². The molecular formula is C15H15N3O2. The summed E-state index contributed by atoms with van der Waals surface area (Å²) in [6.45, 7) is 4.01. The van der Waals surface area contributed by atoms with Gasteiger partial charge >= 0.3 is 0 Å². The Hall–Kier alpha value is -2.61. The number of nitrogens with zero attached hydrogens (tertiary/aromatic N) is 2. The van der Waals surface area contributed by atoms with Crippen LogP contribution in [0.15, 0.2) is 35.3 Å². The molecule has 0 aliphatic carbocycles. The van der Waals surface area contributed by atoms with E-state index in [-0.39, 0.29) is 11.7 Å². The van der Waals surface area contributed by atoms with Gasteiger partial charge in [0.2, 0.25) is 0 Å². The molecule has 20 heavy (non-hydrogen) atoms. The Morgan fingerprint density at radius 2 is 2.20 bits per heavy atom. The summed E-state index contributed by atoms with van der Waals surface area (Å²) in [5.74, 6) is 1.06. The molecule has 0 aliphatic heterocycles. The Labute approximate surface area is 116 Å². The summed E-state index contributed by atoms with van der Waals surface area (Å²) in [6, 6.07) is 9.16. The second-order valence-electron chi connectivity index (χ2n) is 4.42. The van der Waals surface area contributed by atoms with Crippen molar-refractivity contribution in [2.45, 2.75) is 26.4 Å². The zero-order valence-corrected chi connectivity index (χ0v) is 11.4. The highest BCUT2D eigenvalue weighted by molar-refractivity contribution is 5.63. The van der Waals surface area contributed by atoms with Crippen LogP contribution >= 0.6 is 0 Å². The minimum atomic E-state index is -0.448. The number of nitrogens with one attached hydrogen (secondary N) is 1. The number of rotatable bonds is 4. The van der Waals surface area contributed by atoms with Crippen molar-refractivity contribution in [3.63, 3.8) is 0 Å². The van der Waals surface area contributed by atoms with Gasteiger partial charge in [0.25, 0.3) is 5.56 Å². The normalized spacial score (nSPS) is 11.7. The van der Waals surface area contributed by atoms with Crippen molar-refractivity contribution in [2.75, 3.05) is 0 Å². The van der Waals surface area contributed by atoms with Crippen LogP contribution < -0.4 is 10.3 Å². The molecule has 0 unspecified atom stereocenters. The first-order chi connectivity index (χ1) is 9.65. The van der Waals surface area contributed by atoms with Gasteiger partial charge in [-0.25, -0.2) is 4.98 Å². The number of nitriles is 1. The smallest absolute Gasteiger partial charge is 0.269 e. The van der Waals surface area contributed by atoms with E-state index in [4.69, 9.17) is 10.00 Å². The van der Waals surface area contributed by atoms with Crippen LogP contribution in [0.2, 0.25) is 0 Å². The Morgan fingerprint density at radius 3 is 2.85 bits per heavy atom. The molecule has 0 spiro atoms. The molecule has 0 bridgehead atoms. The highest BCUT2D eigenvalue weighted by Crippen LogP contribution is 2.27. The fourth-order valence-electron chi connectivity index (χ4n) is 1.68. The first kappa shape index (κ1) is 13.8. The Morgan fingerprint density at radius 1 is 1.45 bits per heavy atom. The Bertz CT molecular complexity index is 701. The number of hydrogen-bond donors (Lipinski definition) is 1. The molecule has 2 rings (SSSR count). The molecule has 1 N–H and O–H groups in total. The lowest BCUT2D eigenvalue weighted by Gasteiger charge is -2.15. The van der Waals surface area contributed by atoms with Crippen LogP contribution in [0.25, 0.3) is 11.4 Å². The third-order valence-electron chi connectivity index (χ3n) is 2.97. The summed E-state index contributed by atoms with van der Waals surface area (Å²) in [4.78, 5) is 18.4. The van der Waals surface area contributed by atoms with Gasteiger partial charge in [-0.2, -0.15) is 5.26 Å². The third-order valence-corrected chi connectivity index (χ3v) is 2.97. The van der Waals surface area contributed by atoms with Crippen molar-refractivity contribution < 1.29 is 4.74 Å². The van der Waals surface area contributed by atoms with E-state index in [0.717, 1.165) is 6.42 Å². The largest absolute Gasteiger partial charge is 0.490 e. The van der Waals surface area contributed by atoms with Crippen molar-refractivity contribution in [3.05, 3.63) is 46.4 Å². The van der Waals surface area contributed by atoms with Gasteiger partial charge in [-0.15, -0.1) is 0 Å². The van der Waals surface area contributed by atoms with Crippen LogP contribution in [-0.4, -0.2) is 16.1 Å². The van der Waals surface area contributed by atoms with Gasteiger partial charge in [-0.3, -0.25) is 4.79 Å². The van der Waals surface area contributed by atoms with Crippen LogP contribution in [0.4, 0.5) is 0 Å². The van der Waals surface area contributed by atoms with Crippen molar-refractivity contribution in [3.8, 4) is 23.2 Å². The molecule has 1 aromatic heterocycles. The van der Waals surface area contributed by atoms with Gasteiger partial charge in [0.15, 0.2) is 0 Å². The summed E-state index contributed by atoms with van der Waals surface area (Å²) in [5, 5.41) is 8.75. The van der Waals surface area contributed by atoms with Crippen LogP contribution in [-0.2, 0) is 0 Å². The average Bonchev–Trinajstić information content (AvgIpc) is 2.47. The quantitative estimate of drug-likeness (QED) is 0.924. The van der Waals surface area contributed by atoms with E-state index in [1.807, 2.05) is 38.1 Å². The van der Waals surface area contributed by atoms with E-state index in [1.165, 1.54) is 6.20 Å². The zero-order valence-electron chi connectivity index (χ0n) is 11.4. The summed E-state index contributed by atoms with van der Waals surface area (Å²) in [6.07, 6.45) is 2.22. The van der Waals surface area contributed by atoms with E-state index in [0.29, 0.717) is 17.1 Å². The van der Waals surface area contributed by atoms with Crippen LogP contribution in [0, 0.1) is 11.3 Å². The molecule has 0 saturated heterocycles. The van der Waals surface area contributed by atoms with E-state index in [9.17, 15) is 4.79 Å². The first-order valence-electron chi connectivity index (χ1n) is 6.41. The predicted molar refractivity (Wildman–Crippen MR) is 75.4 cm³/mol. The van der Waals surface area contributed by atoms with Crippen molar-refractivity contribution >= 4 is 0 Å². The first-order valence-corrected chi connectivity index (χ1v) is 6.41. The lowest BCUT2D eigenvalue weighted by atomic mass is 10.1. The molecule has 2 aromatic rings.